The summed E-state index contributed by atoms with van der Waals surface area (Å²) in [4.78, 5) is 25.7. The number of hydrogen-bond acceptors (Lipinski definition) is 3. The molecule has 1 atom stereocenters. The van der Waals surface area contributed by atoms with Crippen LogP contribution >= 0.6 is 0 Å². The summed E-state index contributed by atoms with van der Waals surface area (Å²) in [6, 6.07) is 3.85. The lowest BCUT2D eigenvalue weighted by atomic mass is 9.90. The number of carbonyl (C=O) groups excluding carboxylic acids is 2. The minimum Gasteiger partial charge on any atom is -0.343 e. The molecule has 1 saturated heterocycles. The van der Waals surface area contributed by atoms with Gasteiger partial charge in [0.2, 0.25) is 5.91 Å². The molecule has 0 bridgehead atoms. The van der Waals surface area contributed by atoms with Crippen molar-refractivity contribution < 1.29 is 22.8 Å². The van der Waals surface area contributed by atoms with Crippen molar-refractivity contribution in [2.45, 2.75) is 19.5 Å². The molecule has 2 amide bonds. The van der Waals surface area contributed by atoms with Crippen LogP contribution in [0.1, 0.15) is 29.3 Å². The van der Waals surface area contributed by atoms with Gasteiger partial charge in [-0.25, -0.2) is 0 Å². The minimum absolute atomic E-state index is 0.0732. The van der Waals surface area contributed by atoms with Crippen molar-refractivity contribution in [2.75, 3.05) is 26.2 Å². The van der Waals surface area contributed by atoms with E-state index in [1.54, 1.807) is 4.90 Å². The number of nitrogens with one attached hydrogen (secondary N) is 1. The summed E-state index contributed by atoms with van der Waals surface area (Å²) in [5.74, 6) is -0.815. The highest BCUT2D eigenvalue weighted by molar-refractivity contribution is 5.96. The van der Waals surface area contributed by atoms with E-state index in [9.17, 15) is 22.8 Å². The van der Waals surface area contributed by atoms with Crippen molar-refractivity contribution in [3.63, 3.8) is 0 Å². The van der Waals surface area contributed by atoms with E-state index in [-0.39, 0.29) is 23.4 Å². The second-order valence-electron chi connectivity index (χ2n) is 6.34. The van der Waals surface area contributed by atoms with Crippen LogP contribution in [0.4, 0.5) is 13.2 Å². The van der Waals surface area contributed by atoms with Crippen LogP contribution in [-0.2, 0) is 11.0 Å². The number of rotatable bonds is 4. The lowest BCUT2D eigenvalue weighted by Gasteiger charge is -2.22. The van der Waals surface area contributed by atoms with Gasteiger partial charge >= 0.3 is 6.18 Å². The third-order valence-electron chi connectivity index (χ3n) is 4.28. The molecule has 3 N–H and O–H groups in total. The van der Waals surface area contributed by atoms with Gasteiger partial charge in [-0.15, -0.1) is 0 Å². The first-order valence-corrected chi connectivity index (χ1v) is 7.58. The summed E-state index contributed by atoms with van der Waals surface area (Å²) in [7, 11) is 0. The van der Waals surface area contributed by atoms with E-state index in [1.807, 2.05) is 6.92 Å². The average Bonchev–Trinajstić information content (AvgIpc) is 2.95. The Morgan fingerprint density at radius 2 is 1.92 bits per heavy atom. The van der Waals surface area contributed by atoms with Crippen molar-refractivity contribution in [1.29, 1.82) is 0 Å². The molecular weight excluding hydrogens is 323 g/mol. The number of amides is 2. The predicted octanol–water partition coefficient (Wildman–Crippen LogP) is 1.63. The van der Waals surface area contributed by atoms with E-state index < -0.39 is 17.6 Å². The Balaban J connectivity index is 1.88. The van der Waals surface area contributed by atoms with Crippen molar-refractivity contribution in [3.8, 4) is 0 Å². The summed E-state index contributed by atoms with van der Waals surface area (Å²) in [6.45, 7) is 3.41. The molecule has 1 unspecified atom stereocenters. The molecule has 0 radical (unpaired) electrons. The molecule has 1 fully saturated rings. The number of carbonyl (C=O) groups is 2. The maximum Gasteiger partial charge on any atom is 0.416 e. The second kappa shape index (κ2) is 6.80. The van der Waals surface area contributed by atoms with Crippen LogP contribution in [0.2, 0.25) is 0 Å². The normalized spacial score (nSPS) is 21.0. The van der Waals surface area contributed by atoms with E-state index in [2.05, 4.69) is 5.32 Å². The number of alkyl halides is 3. The fourth-order valence-electron chi connectivity index (χ4n) is 2.58. The van der Waals surface area contributed by atoms with E-state index in [0.717, 1.165) is 30.7 Å². The van der Waals surface area contributed by atoms with Gasteiger partial charge in [0.05, 0.1) is 12.1 Å². The molecule has 5 nitrogen and oxygen atoms in total. The monoisotopic (exact) mass is 343 g/mol. The van der Waals surface area contributed by atoms with Crippen LogP contribution in [0, 0.1) is 5.41 Å². The van der Waals surface area contributed by atoms with Gasteiger partial charge < -0.3 is 16.0 Å². The van der Waals surface area contributed by atoms with E-state index in [4.69, 9.17) is 5.73 Å². The highest BCUT2D eigenvalue weighted by Crippen LogP contribution is 2.29. The summed E-state index contributed by atoms with van der Waals surface area (Å²) in [6.07, 6.45) is -3.64. The van der Waals surface area contributed by atoms with Crippen LogP contribution in [0.25, 0.3) is 0 Å². The highest BCUT2D eigenvalue weighted by atomic mass is 19.4. The zero-order chi connectivity index (χ0) is 18.0. The molecule has 0 spiro atoms. The maximum atomic E-state index is 12.5. The van der Waals surface area contributed by atoms with Gasteiger partial charge in [-0.05, 0) is 42.6 Å². The Hall–Kier alpha value is -2.09. The molecule has 8 heteroatoms. The van der Waals surface area contributed by atoms with Crippen molar-refractivity contribution >= 4 is 11.8 Å². The van der Waals surface area contributed by atoms with Crippen molar-refractivity contribution in [1.82, 2.24) is 10.2 Å². The molecule has 24 heavy (non-hydrogen) atoms. The lowest BCUT2D eigenvalue weighted by Crippen LogP contribution is -2.40. The Bertz CT molecular complexity index is 616. The van der Waals surface area contributed by atoms with E-state index >= 15 is 0 Å². The SMILES string of the molecule is CC1(CN)CCN(C(=O)CNC(=O)c2ccc(C(F)(F)F)cc2)C1. The van der Waals surface area contributed by atoms with Gasteiger partial charge in [0.15, 0.2) is 0 Å². The molecule has 1 aliphatic rings. The van der Waals surface area contributed by atoms with Crippen LogP contribution in [-0.4, -0.2) is 42.9 Å². The van der Waals surface area contributed by atoms with Crippen molar-refractivity contribution in [3.05, 3.63) is 35.4 Å². The van der Waals surface area contributed by atoms with Crippen LogP contribution in [0.3, 0.4) is 0 Å². The molecule has 1 aromatic rings. The Morgan fingerprint density at radius 3 is 2.42 bits per heavy atom. The first-order chi connectivity index (χ1) is 11.1. The standard InChI is InChI=1S/C16H20F3N3O2/c1-15(9-20)6-7-22(10-15)13(23)8-21-14(24)11-2-4-12(5-3-11)16(17,18)19/h2-5H,6-10,20H2,1H3,(H,21,24). The fourth-order valence-corrected chi connectivity index (χ4v) is 2.58. The first kappa shape index (κ1) is 18.3. The van der Waals surface area contributed by atoms with Gasteiger partial charge in [-0.1, -0.05) is 6.92 Å². The number of nitrogens with two attached hydrogens (primary N) is 1. The number of benzene rings is 1. The van der Waals surface area contributed by atoms with E-state index in [1.165, 1.54) is 0 Å². The lowest BCUT2D eigenvalue weighted by molar-refractivity contribution is -0.137. The van der Waals surface area contributed by atoms with Gasteiger partial charge in [-0.2, -0.15) is 13.2 Å². The van der Waals surface area contributed by atoms with Crippen LogP contribution < -0.4 is 11.1 Å². The van der Waals surface area contributed by atoms with Gasteiger partial charge in [0.25, 0.3) is 5.91 Å². The van der Waals surface area contributed by atoms with Crippen molar-refractivity contribution in [2.24, 2.45) is 11.1 Å². The highest BCUT2D eigenvalue weighted by Gasteiger charge is 2.34. The Labute approximate surface area is 138 Å². The Morgan fingerprint density at radius 1 is 1.29 bits per heavy atom. The smallest absolute Gasteiger partial charge is 0.343 e. The third-order valence-corrected chi connectivity index (χ3v) is 4.28. The number of halogens is 3. The van der Waals surface area contributed by atoms with Gasteiger partial charge in [0.1, 0.15) is 0 Å². The van der Waals surface area contributed by atoms with Crippen LogP contribution in [0.5, 0.6) is 0 Å². The zero-order valence-corrected chi connectivity index (χ0v) is 13.3. The topological polar surface area (TPSA) is 75.4 Å². The number of hydrogen-bond donors (Lipinski definition) is 2. The molecule has 1 aliphatic heterocycles. The fraction of sp³-hybridized carbons (Fsp3) is 0.500. The minimum atomic E-state index is -4.45. The first-order valence-electron chi connectivity index (χ1n) is 7.58. The van der Waals surface area contributed by atoms with Gasteiger partial charge in [0, 0.05) is 18.7 Å². The van der Waals surface area contributed by atoms with E-state index in [0.29, 0.717) is 19.6 Å². The molecule has 0 aromatic heterocycles. The average molecular weight is 343 g/mol. The summed E-state index contributed by atoms with van der Waals surface area (Å²) in [5, 5.41) is 2.44. The Kier molecular flexibility index (Phi) is 5.17. The van der Waals surface area contributed by atoms with Gasteiger partial charge in [-0.3, -0.25) is 9.59 Å². The maximum absolute atomic E-state index is 12.5. The molecule has 1 heterocycles. The summed E-state index contributed by atoms with van der Waals surface area (Å²) < 4.78 is 37.4. The quantitative estimate of drug-likeness (QED) is 0.873. The molecule has 1 aromatic carbocycles. The molecule has 0 saturated carbocycles. The molecule has 0 aliphatic carbocycles. The predicted molar refractivity (Wildman–Crippen MR) is 82.1 cm³/mol. The zero-order valence-electron chi connectivity index (χ0n) is 13.3. The number of likely N-dealkylation sites (tertiary alicyclic amines) is 1. The number of nitrogens with zero attached hydrogens (tertiary/aromatic N) is 1. The molecule has 132 valence electrons. The second-order valence-corrected chi connectivity index (χ2v) is 6.34. The summed E-state index contributed by atoms with van der Waals surface area (Å²) >= 11 is 0. The third kappa shape index (κ3) is 4.25. The summed E-state index contributed by atoms with van der Waals surface area (Å²) in [5.41, 5.74) is 4.83. The molecular formula is C16H20F3N3O2. The largest absolute Gasteiger partial charge is 0.416 e. The van der Waals surface area contributed by atoms with Crippen LogP contribution in [0.15, 0.2) is 24.3 Å². The molecule has 2 rings (SSSR count).